The zero-order valence-electron chi connectivity index (χ0n) is 14.3. The van der Waals surface area contributed by atoms with E-state index in [2.05, 4.69) is 10.0 Å². The molecule has 7 heteroatoms. The van der Waals surface area contributed by atoms with E-state index in [-0.39, 0.29) is 39.0 Å². The quantitative estimate of drug-likeness (QED) is 0.797. The molecule has 0 aliphatic carbocycles. The molecule has 0 aliphatic rings. The highest BCUT2D eigenvalue weighted by atomic mass is 35.5. The number of benzene rings is 2. The molecule has 0 spiro atoms. The lowest BCUT2D eigenvalue weighted by Crippen LogP contribution is -2.36. The fourth-order valence-electron chi connectivity index (χ4n) is 2.03. The van der Waals surface area contributed by atoms with E-state index in [1.807, 2.05) is 20.8 Å². The lowest BCUT2D eigenvalue weighted by molar-refractivity contribution is 0.0930. The van der Waals surface area contributed by atoms with Gasteiger partial charge in [-0.15, -0.1) is 0 Å². The van der Waals surface area contributed by atoms with Gasteiger partial charge in [-0.05, 0) is 43.2 Å². The highest BCUT2D eigenvalue weighted by Gasteiger charge is 2.18. The van der Waals surface area contributed by atoms with Crippen molar-refractivity contribution in [1.29, 1.82) is 0 Å². The van der Waals surface area contributed by atoms with E-state index in [0.29, 0.717) is 0 Å². The molecule has 134 valence electrons. The first-order valence-electron chi connectivity index (χ1n) is 7.89. The van der Waals surface area contributed by atoms with Crippen molar-refractivity contribution in [3.63, 3.8) is 0 Å². The van der Waals surface area contributed by atoms with Crippen LogP contribution in [-0.4, -0.2) is 20.4 Å². The van der Waals surface area contributed by atoms with Crippen molar-refractivity contribution in [3.8, 4) is 0 Å². The third kappa shape index (κ3) is 4.96. The van der Waals surface area contributed by atoms with E-state index in [0.717, 1.165) is 0 Å². The Balaban J connectivity index is 2.26. The second-order valence-corrected chi connectivity index (χ2v) is 8.21. The fraction of sp³-hybridized carbons (Fsp3) is 0.278. The van der Waals surface area contributed by atoms with Crippen LogP contribution in [-0.2, 0) is 10.0 Å². The van der Waals surface area contributed by atoms with Crippen molar-refractivity contribution in [1.82, 2.24) is 5.32 Å². The molecule has 0 unspecified atom stereocenters. The van der Waals surface area contributed by atoms with Crippen LogP contribution >= 0.6 is 11.6 Å². The maximum absolute atomic E-state index is 12.4. The summed E-state index contributed by atoms with van der Waals surface area (Å²) in [4.78, 5) is 12.5. The minimum atomic E-state index is -3.73. The highest BCUT2D eigenvalue weighted by Crippen LogP contribution is 2.23. The van der Waals surface area contributed by atoms with E-state index < -0.39 is 10.0 Å². The molecule has 1 atom stereocenters. The molecule has 2 aromatic rings. The van der Waals surface area contributed by atoms with Crippen LogP contribution in [0.1, 0.15) is 31.1 Å². The molecule has 0 saturated carbocycles. The van der Waals surface area contributed by atoms with Crippen molar-refractivity contribution in [2.75, 3.05) is 4.72 Å². The summed E-state index contributed by atoms with van der Waals surface area (Å²) in [5, 5.41) is 3.12. The second kappa shape index (κ2) is 7.89. The molecule has 0 fully saturated rings. The van der Waals surface area contributed by atoms with E-state index in [9.17, 15) is 13.2 Å². The van der Waals surface area contributed by atoms with Gasteiger partial charge in [0, 0.05) is 11.7 Å². The van der Waals surface area contributed by atoms with Crippen LogP contribution in [0.2, 0.25) is 5.02 Å². The third-order valence-corrected chi connectivity index (χ3v) is 5.60. The first-order valence-corrected chi connectivity index (χ1v) is 9.75. The summed E-state index contributed by atoms with van der Waals surface area (Å²) in [6, 6.07) is 12.4. The number of hydrogen-bond donors (Lipinski definition) is 2. The summed E-state index contributed by atoms with van der Waals surface area (Å²) >= 11 is 6.10. The van der Waals surface area contributed by atoms with Gasteiger partial charge in [-0.3, -0.25) is 9.52 Å². The zero-order valence-corrected chi connectivity index (χ0v) is 15.9. The monoisotopic (exact) mass is 380 g/mol. The molecule has 0 radical (unpaired) electrons. The predicted octanol–water partition coefficient (Wildman–Crippen LogP) is 3.92. The summed E-state index contributed by atoms with van der Waals surface area (Å²) in [5.74, 6) is -0.0746. The van der Waals surface area contributed by atoms with Crippen molar-refractivity contribution >= 4 is 33.2 Å². The molecule has 2 rings (SSSR count). The largest absolute Gasteiger partial charge is 0.349 e. The van der Waals surface area contributed by atoms with Crippen molar-refractivity contribution in [2.45, 2.75) is 31.7 Å². The Morgan fingerprint density at radius 1 is 1.04 bits per heavy atom. The predicted molar refractivity (Wildman–Crippen MR) is 100 cm³/mol. The molecule has 0 bridgehead atoms. The number of sulfonamides is 1. The maximum atomic E-state index is 12.4. The summed E-state index contributed by atoms with van der Waals surface area (Å²) < 4.78 is 27.2. The smallest absolute Gasteiger partial charge is 0.261 e. The Morgan fingerprint density at radius 2 is 1.68 bits per heavy atom. The van der Waals surface area contributed by atoms with Crippen molar-refractivity contribution in [3.05, 3.63) is 59.1 Å². The van der Waals surface area contributed by atoms with E-state index in [4.69, 9.17) is 11.6 Å². The van der Waals surface area contributed by atoms with Crippen LogP contribution in [0.25, 0.3) is 0 Å². The summed E-state index contributed by atoms with van der Waals surface area (Å²) in [5.41, 5.74) is 0.498. The molecular formula is C18H21ClN2O3S. The van der Waals surface area contributed by atoms with Crippen LogP contribution in [0, 0.1) is 5.92 Å². The standard InChI is InChI=1S/C18H21ClN2O3S/c1-12(2)13(3)20-18(22)16-11-14(9-10-17(16)19)21-25(23,24)15-7-5-4-6-8-15/h4-13,21H,1-3H3,(H,20,22)/t13-/m0/s1. The molecule has 0 aromatic heterocycles. The third-order valence-electron chi connectivity index (χ3n) is 3.88. The van der Waals surface area contributed by atoms with Gasteiger partial charge in [-0.2, -0.15) is 0 Å². The fourth-order valence-corrected chi connectivity index (χ4v) is 3.30. The molecular weight excluding hydrogens is 360 g/mol. The molecule has 2 aromatic carbocycles. The van der Waals surface area contributed by atoms with Crippen LogP contribution in [0.5, 0.6) is 0 Å². The Bertz CT molecular complexity index is 852. The van der Waals surface area contributed by atoms with Crippen LogP contribution in [0.15, 0.2) is 53.4 Å². The number of nitrogens with one attached hydrogen (secondary N) is 2. The molecule has 0 aliphatic heterocycles. The number of carbonyl (C=O) groups is 1. The van der Waals surface area contributed by atoms with Gasteiger partial charge >= 0.3 is 0 Å². The number of halogens is 1. The zero-order chi connectivity index (χ0) is 18.6. The number of anilines is 1. The topological polar surface area (TPSA) is 75.3 Å². The number of rotatable bonds is 6. The van der Waals surface area contributed by atoms with Gasteiger partial charge in [0.2, 0.25) is 0 Å². The van der Waals surface area contributed by atoms with Crippen molar-refractivity contribution in [2.24, 2.45) is 5.92 Å². The van der Waals surface area contributed by atoms with Crippen LogP contribution in [0.4, 0.5) is 5.69 Å². The Morgan fingerprint density at radius 3 is 2.28 bits per heavy atom. The lowest BCUT2D eigenvalue weighted by atomic mass is 10.1. The normalized spacial score (nSPS) is 12.7. The summed E-state index contributed by atoms with van der Waals surface area (Å²) in [6.07, 6.45) is 0. The molecule has 1 amide bonds. The first-order chi connectivity index (χ1) is 11.7. The molecule has 0 heterocycles. The van der Waals surface area contributed by atoms with Crippen molar-refractivity contribution < 1.29 is 13.2 Å². The lowest BCUT2D eigenvalue weighted by Gasteiger charge is -2.18. The Labute approximate surface area is 153 Å². The first kappa shape index (κ1) is 19.3. The number of hydrogen-bond acceptors (Lipinski definition) is 3. The average Bonchev–Trinajstić information content (AvgIpc) is 2.57. The van der Waals surface area contributed by atoms with Gasteiger partial charge in [-0.25, -0.2) is 8.42 Å². The van der Waals surface area contributed by atoms with Crippen LogP contribution in [0.3, 0.4) is 0 Å². The maximum Gasteiger partial charge on any atom is 0.261 e. The van der Waals surface area contributed by atoms with E-state index in [1.54, 1.807) is 18.2 Å². The van der Waals surface area contributed by atoms with Gasteiger partial charge < -0.3 is 5.32 Å². The van der Waals surface area contributed by atoms with Gasteiger partial charge in [0.25, 0.3) is 15.9 Å². The van der Waals surface area contributed by atoms with Gasteiger partial charge in [0.15, 0.2) is 0 Å². The Hall–Kier alpha value is -2.05. The number of carbonyl (C=O) groups excluding carboxylic acids is 1. The molecule has 25 heavy (non-hydrogen) atoms. The highest BCUT2D eigenvalue weighted by molar-refractivity contribution is 7.92. The van der Waals surface area contributed by atoms with E-state index >= 15 is 0 Å². The van der Waals surface area contributed by atoms with Crippen LogP contribution < -0.4 is 10.0 Å². The Kier molecular flexibility index (Phi) is 6.08. The SMILES string of the molecule is CC(C)[C@H](C)NC(=O)c1cc(NS(=O)(=O)c2ccccc2)ccc1Cl. The summed E-state index contributed by atoms with van der Waals surface area (Å²) in [6.45, 7) is 5.90. The molecule has 5 nitrogen and oxygen atoms in total. The van der Waals surface area contributed by atoms with Gasteiger partial charge in [0.05, 0.1) is 15.5 Å². The average molecular weight is 381 g/mol. The minimum absolute atomic E-state index is 0.0340. The number of amides is 1. The second-order valence-electron chi connectivity index (χ2n) is 6.12. The van der Waals surface area contributed by atoms with Gasteiger partial charge in [0.1, 0.15) is 0 Å². The minimum Gasteiger partial charge on any atom is -0.349 e. The summed E-state index contributed by atoms with van der Waals surface area (Å²) in [7, 11) is -3.73. The molecule has 2 N–H and O–H groups in total. The van der Waals surface area contributed by atoms with Gasteiger partial charge in [-0.1, -0.05) is 43.6 Å². The van der Waals surface area contributed by atoms with E-state index in [1.165, 1.54) is 30.3 Å². The molecule has 0 saturated heterocycles.